The maximum atomic E-state index is 11.9. The molecule has 16 heavy (non-hydrogen) atoms. The topological polar surface area (TPSA) is 29.5 Å². The van der Waals surface area contributed by atoms with Crippen LogP contribution < -0.4 is 9.64 Å². The van der Waals surface area contributed by atoms with Gasteiger partial charge >= 0.3 is 0 Å². The first-order valence-corrected chi connectivity index (χ1v) is 5.80. The molecule has 1 aromatic rings. The maximum Gasteiger partial charge on any atom is 0.166 e. The molecule has 2 aliphatic rings. The number of nitrogens with zero attached hydrogens (tertiary/aromatic N) is 1. The van der Waals surface area contributed by atoms with E-state index in [2.05, 4.69) is 18.0 Å². The minimum Gasteiger partial charge on any atom is -0.493 e. The van der Waals surface area contributed by atoms with Gasteiger partial charge in [-0.3, -0.25) is 4.79 Å². The molecule has 0 aliphatic carbocycles. The lowest BCUT2D eigenvalue weighted by atomic mass is 10.0. The predicted molar refractivity (Wildman–Crippen MR) is 62.5 cm³/mol. The summed E-state index contributed by atoms with van der Waals surface area (Å²) in [4.78, 5) is 14.1. The first-order chi connectivity index (χ1) is 7.75. The summed E-state index contributed by atoms with van der Waals surface area (Å²) in [5.41, 5.74) is 3.26. The summed E-state index contributed by atoms with van der Waals surface area (Å²) in [5.74, 6) is 1.01. The van der Waals surface area contributed by atoms with Gasteiger partial charge in [-0.1, -0.05) is 0 Å². The fraction of sp³-hybridized carbons (Fsp3) is 0.462. The Kier molecular flexibility index (Phi) is 2.13. The van der Waals surface area contributed by atoms with Gasteiger partial charge in [0.25, 0.3) is 0 Å². The van der Waals surface area contributed by atoms with Crippen LogP contribution in [0.4, 0.5) is 5.69 Å². The van der Waals surface area contributed by atoms with E-state index >= 15 is 0 Å². The number of carbonyl (C=O) groups excluding carboxylic acids is 1. The Morgan fingerprint density at radius 2 is 2.19 bits per heavy atom. The number of benzene rings is 1. The van der Waals surface area contributed by atoms with Crippen molar-refractivity contribution in [3.63, 3.8) is 0 Å². The molecule has 0 N–H and O–H groups in total. The number of hydrogen-bond donors (Lipinski definition) is 0. The summed E-state index contributed by atoms with van der Waals surface area (Å²) in [6.07, 6.45) is 2.49. The fourth-order valence-corrected chi connectivity index (χ4v) is 2.46. The standard InChI is InChI=1S/C13H15NO2/c1-14-5-4-9-7-13-10(8-11(9)14)12(15)3-2-6-16-13/h7-8H,2-6H2,1H3. The van der Waals surface area contributed by atoms with Crippen LogP contribution >= 0.6 is 0 Å². The Hall–Kier alpha value is -1.51. The van der Waals surface area contributed by atoms with E-state index in [4.69, 9.17) is 4.74 Å². The number of likely N-dealkylation sites (N-methyl/N-ethyl adjacent to an activating group) is 1. The number of hydrogen-bond acceptors (Lipinski definition) is 3. The second-order valence-corrected chi connectivity index (χ2v) is 4.52. The molecule has 2 aliphatic heterocycles. The third kappa shape index (κ3) is 1.39. The van der Waals surface area contributed by atoms with E-state index in [9.17, 15) is 4.79 Å². The molecule has 0 spiro atoms. The van der Waals surface area contributed by atoms with E-state index in [0.717, 1.165) is 30.7 Å². The Morgan fingerprint density at radius 3 is 3.06 bits per heavy atom. The van der Waals surface area contributed by atoms with Gasteiger partial charge in [-0.05, 0) is 30.5 Å². The second-order valence-electron chi connectivity index (χ2n) is 4.52. The summed E-state index contributed by atoms with van der Waals surface area (Å²) in [5, 5.41) is 0. The number of fused-ring (bicyclic) bond motifs is 2. The molecule has 0 unspecified atom stereocenters. The summed E-state index contributed by atoms with van der Waals surface area (Å²) in [7, 11) is 2.07. The van der Waals surface area contributed by atoms with Crippen molar-refractivity contribution in [1.29, 1.82) is 0 Å². The van der Waals surface area contributed by atoms with Crippen molar-refractivity contribution in [2.45, 2.75) is 19.3 Å². The van der Waals surface area contributed by atoms with Crippen LogP contribution in [0, 0.1) is 0 Å². The van der Waals surface area contributed by atoms with Crippen molar-refractivity contribution in [2.24, 2.45) is 0 Å². The molecular weight excluding hydrogens is 202 g/mol. The van der Waals surface area contributed by atoms with E-state index in [1.807, 2.05) is 6.07 Å². The monoisotopic (exact) mass is 217 g/mol. The lowest BCUT2D eigenvalue weighted by Crippen LogP contribution is -2.13. The van der Waals surface area contributed by atoms with Gasteiger partial charge in [0, 0.05) is 25.7 Å². The zero-order valence-corrected chi connectivity index (χ0v) is 9.45. The van der Waals surface area contributed by atoms with Crippen molar-refractivity contribution < 1.29 is 9.53 Å². The van der Waals surface area contributed by atoms with E-state index in [1.54, 1.807) is 0 Å². The van der Waals surface area contributed by atoms with Crippen LogP contribution in [0.1, 0.15) is 28.8 Å². The van der Waals surface area contributed by atoms with Crippen molar-refractivity contribution in [3.8, 4) is 5.75 Å². The molecule has 2 heterocycles. The van der Waals surface area contributed by atoms with Gasteiger partial charge in [-0.2, -0.15) is 0 Å². The number of rotatable bonds is 0. The van der Waals surface area contributed by atoms with Gasteiger partial charge in [0.05, 0.1) is 12.2 Å². The van der Waals surface area contributed by atoms with Gasteiger partial charge in [-0.15, -0.1) is 0 Å². The van der Waals surface area contributed by atoms with Crippen LogP contribution in [0.15, 0.2) is 12.1 Å². The molecule has 1 aromatic carbocycles. The molecule has 3 heteroatoms. The average molecular weight is 217 g/mol. The van der Waals surface area contributed by atoms with E-state index in [-0.39, 0.29) is 5.78 Å². The normalized spacial score (nSPS) is 18.8. The molecule has 0 bridgehead atoms. The SMILES string of the molecule is CN1CCc2cc3c(cc21)C(=O)CCCO3. The maximum absolute atomic E-state index is 11.9. The molecule has 0 amide bonds. The minimum absolute atomic E-state index is 0.218. The van der Waals surface area contributed by atoms with Crippen LogP contribution in [0.2, 0.25) is 0 Å². The molecule has 84 valence electrons. The largest absolute Gasteiger partial charge is 0.493 e. The first-order valence-electron chi connectivity index (χ1n) is 5.80. The number of ketones is 1. The Bertz CT molecular complexity index is 453. The highest BCUT2D eigenvalue weighted by Gasteiger charge is 2.23. The lowest BCUT2D eigenvalue weighted by molar-refractivity contribution is 0.0983. The number of carbonyl (C=O) groups is 1. The molecule has 3 nitrogen and oxygen atoms in total. The van der Waals surface area contributed by atoms with E-state index in [0.29, 0.717) is 13.0 Å². The van der Waals surface area contributed by atoms with E-state index < -0.39 is 0 Å². The van der Waals surface area contributed by atoms with Crippen molar-refractivity contribution in [2.75, 3.05) is 25.1 Å². The molecule has 0 atom stereocenters. The second kappa shape index (κ2) is 3.51. The fourth-order valence-electron chi connectivity index (χ4n) is 2.46. The van der Waals surface area contributed by atoms with Crippen LogP contribution in [-0.4, -0.2) is 26.0 Å². The molecular formula is C13H15NO2. The zero-order valence-electron chi connectivity index (χ0n) is 9.45. The molecule has 0 fully saturated rings. The highest BCUT2D eigenvalue weighted by molar-refractivity contribution is 6.00. The third-order valence-corrected chi connectivity index (χ3v) is 3.41. The van der Waals surface area contributed by atoms with Crippen LogP contribution in [0.5, 0.6) is 5.75 Å². The third-order valence-electron chi connectivity index (χ3n) is 3.41. The highest BCUT2D eigenvalue weighted by atomic mass is 16.5. The molecule has 0 saturated carbocycles. The summed E-state index contributed by atoms with van der Waals surface area (Å²) < 4.78 is 5.64. The van der Waals surface area contributed by atoms with E-state index in [1.165, 1.54) is 11.3 Å². The first kappa shape index (κ1) is 9.70. The Morgan fingerprint density at radius 1 is 1.31 bits per heavy atom. The van der Waals surface area contributed by atoms with Crippen molar-refractivity contribution >= 4 is 11.5 Å². The van der Waals surface area contributed by atoms with Gasteiger partial charge in [0.15, 0.2) is 5.78 Å². The lowest BCUT2D eigenvalue weighted by Gasteiger charge is -2.14. The van der Waals surface area contributed by atoms with Gasteiger partial charge in [0.2, 0.25) is 0 Å². The summed E-state index contributed by atoms with van der Waals surface area (Å²) in [6, 6.07) is 4.06. The number of Topliss-reactive ketones (excluding diaryl/α,β-unsaturated/α-hetero) is 1. The highest BCUT2D eigenvalue weighted by Crippen LogP contribution is 2.35. The minimum atomic E-state index is 0.218. The molecule has 3 rings (SSSR count). The Balaban J connectivity index is 2.13. The molecule has 0 radical (unpaired) electrons. The number of ether oxygens (including phenoxy) is 1. The van der Waals surface area contributed by atoms with Gasteiger partial charge in [0.1, 0.15) is 5.75 Å². The van der Waals surface area contributed by atoms with Crippen LogP contribution in [0.3, 0.4) is 0 Å². The van der Waals surface area contributed by atoms with Crippen LogP contribution in [-0.2, 0) is 6.42 Å². The molecule has 0 saturated heterocycles. The van der Waals surface area contributed by atoms with Crippen molar-refractivity contribution in [1.82, 2.24) is 0 Å². The van der Waals surface area contributed by atoms with Crippen LogP contribution in [0.25, 0.3) is 0 Å². The predicted octanol–water partition coefficient (Wildman–Crippen LogP) is 2.03. The summed E-state index contributed by atoms with van der Waals surface area (Å²) in [6.45, 7) is 1.69. The zero-order chi connectivity index (χ0) is 11.1. The van der Waals surface area contributed by atoms with Gasteiger partial charge in [-0.25, -0.2) is 0 Å². The molecule has 0 aromatic heterocycles. The average Bonchev–Trinajstić information content (AvgIpc) is 2.53. The van der Waals surface area contributed by atoms with Crippen molar-refractivity contribution in [3.05, 3.63) is 23.3 Å². The smallest absolute Gasteiger partial charge is 0.166 e. The Labute approximate surface area is 95.0 Å². The van der Waals surface area contributed by atoms with Gasteiger partial charge < -0.3 is 9.64 Å². The summed E-state index contributed by atoms with van der Waals surface area (Å²) >= 11 is 0. The quantitative estimate of drug-likeness (QED) is 0.666. The number of anilines is 1.